The summed E-state index contributed by atoms with van der Waals surface area (Å²) in [6.07, 6.45) is -1.97. The lowest BCUT2D eigenvalue weighted by atomic mass is 10.2. The van der Waals surface area contributed by atoms with Crippen LogP contribution in [0.25, 0.3) is 0 Å². The Labute approximate surface area is 73.1 Å². The molecule has 1 aromatic rings. The monoisotopic (exact) mass is 188 g/mol. The summed E-state index contributed by atoms with van der Waals surface area (Å²) >= 11 is 0. The minimum absolute atomic E-state index is 0.129. The first-order chi connectivity index (χ1) is 6.04. The second-order valence-electron chi connectivity index (χ2n) is 2.28. The number of rotatable bonds is 2. The maximum atomic E-state index is 12.1. The first-order valence-electron chi connectivity index (χ1n) is 3.45. The standard InChI is InChI=1S/C8H7F3N2/c1-2-12-7-5-6(3-4-13-7)8(9,10)11/h2-5H,1H2,(H,12,13). The van der Waals surface area contributed by atoms with Gasteiger partial charge in [-0.2, -0.15) is 13.2 Å². The van der Waals surface area contributed by atoms with E-state index in [0.29, 0.717) is 0 Å². The maximum absolute atomic E-state index is 12.1. The molecule has 0 bridgehead atoms. The Morgan fingerprint density at radius 3 is 2.69 bits per heavy atom. The Morgan fingerprint density at radius 1 is 1.46 bits per heavy atom. The van der Waals surface area contributed by atoms with Crippen molar-refractivity contribution in [3.63, 3.8) is 0 Å². The molecule has 0 atom stereocenters. The zero-order valence-electron chi connectivity index (χ0n) is 6.60. The third-order valence-electron chi connectivity index (χ3n) is 1.34. The van der Waals surface area contributed by atoms with Gasteiger partial charge in [0.05, 0.1) is 5.56 Å². The van der Waals surface area contributed by atoms with Crippen LogP contribution >= 0.6 is 0 Å². The molecule has 0 radical (unpaired) electrons. The molecule has 2 nitrogen and oxygen atoms in total. The summed E-state index contributed by atoms with van der Waals surface area (Å²) in [4.78, 5) is 3.66. The summed E-state index contributed by atoms with van der Waals surface area (Å²) in [7, 11) is 0. The molecule has 0 saturated carbocycles. The van der Waals surface area contributed by atoms with Crippen LogP contribution in [0.1, 0.15) is 5.56 Å². The van der Waals surface area contributed by atoms with Crippen molar-refractivity contribution >= 4 is 5.82 Å². The molecular formula is C8H7F3N2. The van der Waals surface area contributed by atoms with Crippen LogP contribution in [0.2, 0.25) is 0 Å². The van der Waals surface area contributed by atoms with Crippen molar-refractivity contribution in [2.45, 2.75) is 6.18 Å². The smallest absolute Gasteiger partial charge is 0.347 e. The summed E-state index contributed by atoms with van der Waals surface area (Å²) < 4.78 is 36.4. The highest BCUT2D eigenvalue weighted by atomic mass is 19.4. The van der Waals surface area contributed by atoms with Gasteiger partial charge >= 0.3 is 6.18 Å². The molecule has 0 aromatic carbocycles. The van der Waals surface area contributed by atoms with Crippen LogP contribution in [-0.2, 0) is 6.18 Å². The van der Waals surface area contributed by atoms with Crippen LogP contribution < -0.4 is 5.32 Å². The molecule has 1 heterocycles. The summed E-state index contributed by atoms with van der Waals surface area (Å²) in [5.41, 5.74) is -0.730. The highest BCUT2D eigenvalue weighted by molar-refractivity contribution is 5.40. The Morgan fingerprint density at radius 2 is 2.15 bits per heavy atom. The molecule has 1 rings (SSSR count). The zero-order valence-corrected chi connectivity index (χ0v) is 6.60. The number of hydrogen-bond donors (Lipinski definition) is 1. The first-order valence-corrected chi connectivity index (χ1v) is 3.45. The summed E-state index contributed by atoms with van der Waals surface area (Å²) in [6, 6.07) is 1.83. The van der Waals surface area contributed by atoms with Crippen LogP contribution in [0, 0.1) is 0 Å². The highest BCUT2D eigenvalue weighted by Crippen LogP contribution is 2.29. The van der Waals surface area contributed by atoms with Gasteiger partial charge in [-0.05, 0) is 18.3 Å². The van der Waals surface area contributed by atoms with Crippen molar-refractivity contribution < 1.29 is 13.2 Å². The lowest BCUT2D eigenvalue weighted by Gasteiger charge is -2.07. The van der Waals surface area contributed by atoms with E-state index in [9.17, 15) is 13.2 Å². The van der Waals surface area contributed by atoms with E-state index in [1.54, 1.807) is 0 Å². The van der Waals surface area contributed by atoms with Crippen molar-refractivity contribution in [3.8, 4) is 0 Å². The molecule has 0 aliphatic rings. The van der Waals surface area contributed by atoms with Crippen molar-refractivity contribution in [2.24, 2.45) is 0 Å². The van der Waals surface area contributed by atoms with E-state index in [4.69, 9.17) is 0 Å². The minimum Gasteiger partial charge on any atom is -0.347 e. The number of pyridine rings is 1. The van der Waals surface area contributed by atoms with E-state index in [1.165, 1.54) is 6.20 Å². The van der Waals surface area contributed by atoms with Crippen LogP contribution in [0.4, 0.5) is 19.0 Å². The molecule has 0 saturated heterocycles. The fraction of sp³-hybridized carbons (Fsp3) is 0.125. The highest BCUT2D eigenvalue weighted by Gasteiger charge is 2.30. The van der Waals surface area contributed by atoms with Gasteiger partial charge in [0.1, 0.15) is 5.82 Å². The molecule has 0 spiro atoms. The number of aromatic nitrogens is 1. The average molecular weight is 188 g/mol. The predicted octanol–water partition coefficient (Wildman–Crippen LogP) is 2.66. The Bertz CT molecular complexity index is 307. The quantitative estimate of drug-likeness (QED) is 0.771. The second-order valence-corrected chi connectivity index (χ2v) is 2.28. The van der Waals surface area contributed by atoms with E-state index >= 15 is 0 Å². The molecule has 13 heavy (non-hydrogen) atoms. The van der Waals surface area contributed by atoms with Crippen LogP contribution in [0.15, 0.2) is 31.1 Å². The molecular weight excluding hydrogens is 181 g/mol. The topological polar surface area (TPSA) is 24.9 Å². The Kier molecular flexibility index (Phi) is 2.55. The molecule has 70 valence electrons. The van der Waals surface area contributed by atoms with Crippen molar-refractivity contribution in [1.82, 2.24) is 4.98 Å². The number of alkyl halides is 3. The van der Waals surface area contributed by atoms with E-state index in [-0.39, 0.29) is 5.82 Å². The zero-order chi connectivity index (χ0) is 9.90. The first kappa shape index (κ1) is 9.57. The molecule has 0 aliphatic heterocycles. The average Bonchev–Trinajstić information content (AvgIpc) is 2.04. The fourth-order valence-electron chi connectivity index (χ4n) is 0.790. The number of hydrogen-bond acceptors (Lipinski definition) is 2. The van der Waals surface area contributed by atoms with Crippen LogP contribution in [0.5, 0.6) is 0 Å². The molecule has 0 aliphatic carbocycles. The SMILES string of the molecule is C=CNc1cc(C(F)(F)F)ccn1. The van der Waals surface area contributed by atoms with Gasteiger partial charge in [0.2, 0.25) is 0 Å². The fourth-order valence-corrected chi connectivity index (χ4v) is 0.790. The lowest BCUT2D eigenvalue weighted by molar-refractivity contribution is -0.137. The number of nitrogens with zero attached hydrogens (tertiary/aromatic N) is 1. The molecule has 0 unspecified atom stereocenters. The Balaban J connectivity index is 2.98. The third kappa shape index (κ3) is 2.47. The van der Waals surface area contributed by atoms with Gasteiger partial charge in [0, 0.05) is 6.20 Å². The van der Waals surface area contributed by atoms with Gasteiger partial charge in [-0.3, -0.25) is 0 Å². The maximum Gasteiger partial charge on any atom is 0.416 e. The number of halogens is 3. The predicted molar refractivity (Wildman–Crippen MR) is 43.1 cm³/mol. The lowest BCUT2D eigenvalue weighted by Crippen LogP contribution is -2.05. The van der Waals surface area contributed by atoms with E-state index in [1.807, 2.05) is 0 Å². The van der Waals surface area contributed by atoms with Crippen LogP contribution in [-0.4, -0.2) is 4.98 Å². The van der Waals surface area contributed by atoms with Gasteiger partial charge in [-0.1, -0.05) is 6.58 Å². The van der Waals surface area contributed by atoms with Crippen molar-refractivity contribution in [3.05, 3.63) is 36.7 Å². The van der Waals surface area contributed by atoms with Crippen molar-refractivity contribution in [1.29, 1.82) is 0 Å². The molecule has 1 aromatic heterocycles. The largest absolute Gasteiger partial charge is 0.416 e. The summed E-state index contributed by atoms with van der Waals surface area (Å²) in [5.74, 6) is 0.129. The number of anilines is 1. The van der Waals surface area contributed by atoms with Gasteiger partial charge in [0.15, 0.2) is 0 Å². The van der Waals surface area contributed by atoms with E-state index in [2.05, 4.69) is 16.9 Å². The van der Waals surface area contributed by atoms with Gasteiger partial charge < -0.3 is 5.32 Å². The van der Waals surface area contributed by atoms with Gasteiger partial charge in [-0.15, -0.1) is 0 Å². The molecule has 0 amide bonds. The van der Waals surface area contributed by atoms with Crippen molar-refractivity contribution in [2.75, 3.05) is 5.32 Å². The molecule has 1 N–H and O–H groups in total. The number of nitrogens with one attached hydrogen (secondary N) is 1. The second kappa shape index (κ2) is 3.47. The normalized spacial score (nSPS) is 11.0. The van der Waals surface area contributed by atoms with Crippen LogP contribution in [0.3, 0.4) is 0 Å². The Hall–Kier alpha value is -1.52. The van der Waals surface area contributed by atoms with E-state index < -0.39 is 11.7 Å². The van der Waals surface area contributed by atoms with E-state index in [0.717, 1.165) is 18.3 Å². The van der Waals surface area contributed by atoms with Gasteiger partial charge in [-0.25, -0.2) is 4.98 Å². The summed E-state index contributed by atoms with van der Waals surface area (Å²) in [6.45, 7) is 3.32. The minimum atomic E-state index is -4.33. The summed E-state index contributed by atoms with van der Waals surface area (Å²) in [5, 5.41) is 2.47. The molecule has 0 fully saturated rings. The third-order valence-corrected chi connectivity index (χ3v) is 1.34. The van der Waals surface area contributed by atoms with Gasteiger partial charge in [0.25, 0.3) is 0 Å². The molecule has 5 heteroatoms.